The number of aromatic nitrogens is 6. The predicted molar refractivity (Wildman–Crippen MR) is 96.9 cm³/mol. The zero-order valence-electron chi connectivity index (χ0n) is 13.9. The summed E-state index contributed by atoms with van der Waals surface area (Å²) < 4.78 is 2.66. The van der Waals surface area contributed by atoms with Gasteiger partial charge in [0, 0.05) is 11.8 Å². The SMILES string of the molecule is O=C(Nc1cccc(-n2cnnn2)c1)c1ccc(=O)n(-c2ccccc2)n1. The molecule has 0 spiro atoms. The molecule has 1 amide bonds. The van der Waals surface area contributed by atoms with Crippen LogP contribution in [0.1, 0.15) is 10.5 Å². The Morgan fingerprint density at radius 2 is 1.74 bits per heavy atom. The Morgan fingerprint density at radius 3 is 2.52 bits per heavy atom. The van der Waals surface area contributed by atoms with E-state index in [0.717, 1.165) is 0 Å². The second-order valence-electron chi connectivity index (χ2n) is 5.56. The molecular weight excluding hydrogens is 346 g/mol. The quantitative estimate of drug-likeness (QED) is 0.591. The zero-order valence-corrected chi connectivity index (χ0v) is 13.9. The van der Waals surface area contributed by atoms with Crippen LogP contribution in [-0.4, -0.2) is 35.9 Å². The number of tetrazole rings is 1. The molecule has 0 bridgehead atoms. The van der Waals surface area contributed by atoms with Crippen LogP contribution in [0.3, 0.4) is 0 Å². The molecule has 0 unspecified atom stereocenters. The number of anilines is 1. The maximum Gasteiger partial charge on any atom is 0.276 e. The van der Waals surface area contributed by atoms with Crippen LogP contribution in [0.2, 0.25) is 0 Å². The van der Waals surface area contributed by atoms with Gasteiger partial charge in [0.25, 0.3) is 11.5 Å². The maximum absolute atomic E-state index is 12.6. The van der Waals surface area contributed by atoms with Gasteiger partial charge in [-0.2, -0.15) is 9.78 Å². The average Bonchev–Trinajstić information content (AvgIpc) is 3.24. The van der Waals surface area contributed by atoms with Gasteiger partial charge in [0.05, 0.1) is 11.4 Å². The third-order valence-corrected chi connectivity index (χ3v) is 3.75. The van der Waals surface area contributed by atoms with E-state index in [9.17, 15) is 9.59 Å². The molecule has 0 aliphatic carbocycles. The lowest BCUT2D eigenvalue weighted by atomic mass is 10.2. The number of carbonyl (C=O) groups is 1. The molecule has 0 atom stereocenters. The summed E-state index contributed by atoms with van der Waals surface area (Å²) in [5.41, 5.74) is 1.62. The molecule has 0 fully saturated rings. The summed E-state index contributed by atoms with van der Waals surface area (Å²) >= 11 is 0. The molecule has 2 aromatic carbocycles. The minimum absolute atomic E-state index is 0.117. The Bertz CT molecular complexity index is 1140. The molecule has 2 heterocycles. The Hall–Kier alpha value is -4.14. The number of benzene rings is 2. The third kappa shape index (κ3) is 3.47. The third-order valence-electron chi connectivity index (χ3n) is 3.75. The number of nitrogens with zero attached hydrogens (tertiary/aromatic N) is 6. The standard InChI is InChI=1S/C18H13N7O2/c26-17-10-9-16(21-25(17)14-6-2-1-3-7-14)18(27)20-13-5-4-8-15(11-13)24-12-19-22-23-24/h1-12H,(H,20,27). The monoisotopic (exact) mass is 359 g/mol. The number of rotatable bonds is 4. The molecule has 0 aliphatic heterocycles. The fraction of sp³-hybridized carbons (Fsp3) is 0. The van der Waals surface area contributed by atoms with Crippen LogP contribution in [0.15, 0.2) is 77.9 Å². The lowest BCUT2D eigenvalue weighted by molar-refractivity contribution is 0.102. The lowest BCUT2D eigenvalue weighted by Crippen LogP contribution is -2.24. The first-order valence-electron chi connectivity index (χ1n) is 8.01. The van der Waals surface area contributed by atoms with Gasteiger partial charge < -0.3 is 5.32 Å². The van der Waals surface area contributed by atoms with Crippen LogP contribution in [0.4, 0.5) is 5.69 Å². The predicted octanol–water partition coefficient (Wildman–Crippen LogP) is 1.46. The molecule has 1 N–H and O–H groups in total. The van der Waals surface area contributed by atoms with Crippen molar-refractivity contribution in [1.29, 1.82) is 0 Å². The van der Waals surface area contributed by atoms with Crippen molar-refractivity contribution >= 4 is 11.6 Å². The smallest absolute Gasteiger partial charge is 0.276 e. The van der Waals surface area contributed by atoms with E-state index in [1.807, 2.05) is 6.07 Å². The van der Waals surface area contributed by atoms with Gasteiger partial charge in [-0.3, -0.25) is 9.59 Å². The Balaban J connectivity index is 1.61. The maximum atomic E-state index is 12.6. The van der Waals surface area contributed by atoms with Crippen molar-refractivity contribution in [3.8, 4) is 11.4 Å². The molecule has 4 aromatic rings. The van der Waals surface area contributed by atoms with Gasteiger partial charge in [-0.05, 0) is 46.8 Å². The van der Waals surface area contributed by atoms with Crippen LogP contribution in [0, 0.1) is 0 Å². The highest BCUT2D eigenvalue weighted by atomic mass is 16.2. The molecular formula is C18H13N7O2. The van der Waals surface area contributed by atoms with Crippen molar-refractivity contribution in [3.05, 3.63) is 89.1 Å². The van der Waals surface area contributed by atoms with Gasteiger partial charge in [0.1, 0.15) is 12.0 Å². The number of amides is 1. The van der Waals surface area contributed by atoms with Gasteiger partial charge in [0.2, 0.25) is 0 Å². The first kappa shape index (κ1) is 16.3. The average molecular weight is 359 g/mol. The van der Waals surface area contributed by atoms with Gasteiger partial charge >= 0.3 is 0 Å². The summed E-state index contributed by atoms with van der Waals surface area (Å²) in [6.07, 6.45) is 1.46. The Morgan fingerprint density at radius 1 is 0.926 bits per heavy atom. The minimum atomic E-state index is -0.437. The van der Waals surface area contributed by atoms with Crippen molar-refractivity contribution in [1.82, 2.24) is 30.0 Å². The largest absolute Gasteiger partial charge is 0.321 e. The minimum Gasteiger partial charge on any atom is -0.321 e. The highest BCUT2D eigenvalue weighted by molar-refractivity contribution is 6.02. The van der Waals surface area contributed by atoms with Crippen molar-refractivity contribution in [2.24, 2.45) is 0 Å². The van der Waals surface area contributed by atoms with Crippen molar-refractivity contribution in [3.63, 3.8) is 0 Å². The van der Waals surface area contributed by atoms with E-state index in [1.165, 1.54) is 27.8 Å². The van der Waals surface area contributed by atoms with Crippen LogP contribution >= 0.6 is 0 Å². The number of hydrogen-bond donors (Lipinski definition) is 1. The van der Waals surface area contributed by atoms with Crippen molar-refractivity contribution in [2.75, 3.05) is 5.32 Å². The molecule has 9 nitrogen and oxygen atoms in total. The first-order valence-corrected chi connectivity index (χ1v) is 8.01. The van der Waals surface area contributed by atoms with Crippen LogP contribution in [0.25, 0.3) is 11.4 Å². The van der Waals surface area contributed by atoms with E-state index in [0.29, 0.717) is 17.1 Å². The van der Waals surface area contributed by atoms with Gasteiger partial charge in [0.15, 0.2) is 0 Å². The van der Waals surface area contributed by atoms with E-state index in [2.05, 4.69) is 25.9 Å². The summed E-state index contributed by atoms with van der Waals surface area (Å²) in [6, 6.07) is 18.6. The molecule has 0 aliphatic rings. The summed E-state index contributed by atoms with van der Waals surface area (Å²) in [6.45, 7) is 0. The van der Waals surface area contributed by atoms with Gasteiger partial charge in [-0.15, -0.1) is 5.10 Å². The number of carbonyl (C=O) groups excluding carboxylic acids is 1. The van der Waals surface area contributed by atoms with Crippen molar-refractivity contribution < 1.29 is 4.79 Å². The van der Waals surface area contributed by atoms with Crippen LogP contribution < -0.4 is 10.9 Å². The summed E-state index contributed by atoms with van der Waals surface area (Å²) in [4.78, 5) is 24.6. The van der Waals surface area contributed by atoms with Crippen LogP contribution in [0.5, 0.6) is 0 Å². The molecule has 0 saturated heterocycles. The highest BCUT2D eigenvalue weighted by Crippen LogP contribution is 2.14. The van der Waals surface area contributed by atoms with E-state index in [-0.39, 0.29) is 11.3 Å². The van der Waals surface area contributed by atoms with E-state index in [1.54, 1.807) is 48.5 Å². The number of nitrogens with one attached hydrogen (secondary N) is 1. The number of hydrogen-bond acceptors (Lipinski definition) is 6. The fourth-order valence-corrected chi connectivity index (χ4v) is 2.49. The Kier molecular flexibility index (Phi) is 4.24. The molecule has 27 heavy (non-hydrogen) atoms. The number of para-hydroxylation sites is 1. The van der Waals surface area contributed by atoms with Crippen LogP contribution in [-0.2, 0) is 0 Å². The second-order valence-corrected chi connectivity index (χ2v) is 5.56. The molecule has 0 saturated carbocycles. The van der Waals surface area contributed by atoms with E-state index < -0.39 is 5.91 Å². The first-order chi connectivity index (χ1) is 13.2. The topological polar surface area (TPSA) is 108 Å². The fourth-order valence-electron chi connectivity index (χ4n) is 2.49. The van der Waals surface area contributed by atoms with E-state index in [4.69, 9.17) is 0 Å². The molecule has 132 valence electrons. The van der Waals surface area contributed by atoms with Crippen molar-refractivity contribution in [2.45, 2.75) is 0 Å². The highest BCUT2D eigenvalue weighted by Gasteiger charge is 2.11. The summed E-state index contributed by atoms with van der Waals surface area (Å²) in [5, 5.41) is 17.9. The van der Waals surface area contributed by atoms with Gasteiger partial charge in [-0.1, -0.05) is 24.3 Å². The zero-order chi connectivity index (χ0) is 18.6. The molecule has 2 aromatic heterocycles. The van der Waals surface area contributed by atoms with E-state index >= 15 is 0 Å². The molecule has 9 heteroatoms. The summed E-state index contributed by atoms with van der Waals surface area (Å²) in [5.74, 6) is -0.437. The van der Waals surface area contributed by atoms with Gasteiger partial charge in [-0.25, -0.2) is 4.68 Å². The lowest BCUT2D eigenvalue weighted by Gasteiger charge is -2.09. The normalized spacial score (nSPS) is 10.5. The molecule has 4 rings (SSSR count). The Labute approximate surface area is 152 Å². The molecule has 0 radical (unpaired) electrons. The second kappa shape index (κ2) is 7.00. The summed E-state index contributed by atoms with van der Waals surface area (Å²) in [7, 11) is 0.